The van der Waals surface area contributed by atoms with Crippen molar-refractivity contribution in [3.63, 3.8) is 0 Å². The zero-order valence-electron chi connectivity index (χ0n) is 31.5. The number of carboxylic acid groups (broad SMARTS) is 2. The molecule has 4 aliphatic rings. The summed E-state index contributed by atoms with van der Waals surface area (Å²) in [5, 5.41) is 102. The summed E-state index contributed by atoms with van der Waals surface area (Å²) in [5.41, 5.74) is 0. The summed E-state index contributed by atoms with van der Waals surface area (Å²) in [6, 6.07) is -3.69. The quantitative estimate of drug-likeness (QED) is 0.0512. The smallest absolute Gasteiger partial charge is 0.218 e. The van der Waals surface area contributed by atoms with Gasteiger partial charge in [0.1, 0.15) is 91.5 Å². The fourth-order valence-electron chi connectivity index (χ4n) is 7.00. The maximum absolute atomic E-state index is 12.5. The molecular weight excluding hydrogens is 888 g/mol. The number of aliphatic carboxylic acids is 2. The van der Waals surface area contributed by atoms with Gasteiger partial charge in [-0.2, -0.15) is 0 Å². The van der Waals surface area contributed by atoms with Gasteiger partial charge in [0.15, 0.2) is 18.9 Å². The summed E-state index contributed by atoms with van der Waals surface area (Å²) in [4.78, 5) is 48.7. The number of aliphatic hydroxyl groups excluding tert-OH is 7. The second kappa shape index (κ2) is 20.3. The topological polar surface area (TPSA) is 478 Å². The van der Waals surface area contributed by atoms with Gasteiger partial charge in [0.2, 0.25) is 32.6 Å². The molecule has 4 aliphatic heterocycles. The Balaban J connectivity index is 1.73. The second-order valence-corrected chi connectivity index (χ2v) is 15.9. The SMILES string of the molecule is CC(=O)NC1C(C)OC(CO)C(OS(=O)(=O)[O-])C1OC1OC(C(=O)[O-])C(OC2OC(CO)C(OS(=O)(=O)[O-])C(OC3OC(C(=O)[O-])C(O)C(O)C3O)C2NC(C)=O)C(O)C1O. The average molecular weight is 931 g/mol. The Bertz CT molecular complexity index is 1790. The van der Waals surface area contributed by atoms with Crippen molar-refractivity contribution in [2.75, 3.05) is 13.2 Å². The van der Waals surface area contributed by atoms with E-state index in [4.69, 9.17) is 33.2 Å². The van der Waals surface area contributed by atoms with Gasteiger partial charge in [-0.25, -0.2) is 16.8 Å². The van der Waals surface area contributed by atoms with Crippen molar-refractivity contribution in [1.82, 2.24) is 10.6 Å². The number of ether oxygens (including phenoxy) is 7. The van der Waals surface area contributed by atoms with Crippen LogP contribution < -0.4 is 20.8 Å². The van der Waals surface area contributed by atoms with Crippen LogP contribution in [-0.4, -0.2) is 221 Å². The van der Waals surface area contributed by atoms with E-state index in [0.29, 0.717) is 0 Å². The summed E-state index contributed by atoms with van der Waals surface area (Å²) in [7, 11) is -11.5. The Morgan fingerprint density at radius 2 is 0.967 bits per heavy atom. The molecule has 4 heterocycles. The highest BCUT2D eigenvalue weighted by Crippen LogP contribution is 2.36. The Hall–Kier alpha value is -2.94. The van der Waals surface area contributed by atoms with Crippen LogP contribution in [0.5, 0.6) is 0 Å². The minimum Gasteiger partial charge on any atom is -0.726 e. The number of carbonyl (C=O) groups is 4. The fraction of sp³-hybridized carbons (Fsp3) is 0.862. The van der Waals surface area contributed by atoms with Crippen molar-refractivity contribution in [1.29, 1.82) is 0 Å². The molecule has 20 unspecified atom stereocenters. The lowest BCUT2D eigenvalue weighted by molar-refractivity contribution is -0.383. The van der Waals surface area contributed by atoms with Gasteiger partial charge in [0, 0.05) is 13.8 Å². The Morgan fingerprint density at radius 1 is 0.557 bits per heavy atom. The second-order valence-electron chi connectivity index (χ2n) is 13.9. The van der Waals surface area contributed by atoms with Crippen molar-refractivity contribution in [2.24, 2.45) is 0 Å². The van der Waals surface area contributed by atoms with Gasteiger partial charge in [0.25, 0.3) is 0 Å². The number of carbonyl (C=O) groups excluding carboxylic acids is 4. The van der Waals surface area contributed by atoms with E-state index in [1.807, 2.05) is 0 Å². The molecule has 0 aromatic carbocycles. The molecule has 0 aromatic rings. The van der Waals surface area contributed by atoms with E-state index in [1.54, 1.807) is 0 Å². The number of hydrogen-bond donors (Lipinski definition) is 9. The molecule has 2 amide bonds. The molecule has 32 heteroatoms. The highest BCUT2D eigenvalue weighted by Gasteiger charge is 2.57. The number of aliphatic hydroxyl groups is 7. The first kappa shape index (κ1) is 50.7. The van der Waals surface area contributed by atoms with Gasteiger partial charge in [-0.15, -0.1) is 0 Å². The van der Waals surface area contributed by atoms with Crippen molar-refractivity contribution < 1.29 is 133 Å². The number of rotatable bonds is 16. The third kappa shape index (κ3) is 12.2. The van der Waals surface area contributed by atoms with Crippen LogP contribution in [0.4, 0.5) is 0 Å². The van der Waals surface area contributed by atoms with Crippen molar-refractivity contribution in [3.8, 4) is 0 Å². The Morgan fingerprint density at radius 3 is 1.41 bits per heavy atom. The van der Waals surface area contributed by atoms with Gasteiger partial charge < -0.3 is 108 Å². The van der Waals surface area contributed by atoms with E-state index in [-0.39, 0.29) is 0 Å². The molecule has 4 rings (SSSR count). The van der Waals surface area contributed by atoms with Crippen molar-refractivity contribution in [3.05, 3.63) is 0 Å². The van der Waals surface area contributed by atoms with E-state index >= 15 is 0 Å². The van der Waals surface area contributed by atoms with Crippen LogP contribution in [0, 0.1) is 0 Å². The minimum atomic E-state index is -5.85. The van der Waals surface area contributed by atoms with Gasteiger partial charge >= 0.3 is 0 Å². The number of amides is 2. The summed E-state index contributed by atoms with van der Waals surface area (Å²) in [6.07, 6.45) is -41.0. The zero-order chi connectivity index (χ0) is 46.0. The summed E-state index contributed by atoms with van der Waals surface area (Å²) < 4.78 is 118. The molecule has 0 spiro atoms. The minimum absolute atomic E-state index is 0.806. The molecule has 0 aliphatic carbocycles. The van der Waals surface area contributed by atoms with Crippen LogP contribution in [0.15, 0.2) is 0 Å². The zero-order valence-corrected chi connectivity index (χ0v) is 33.1. The van der Waals surface area contributed by atoms with Crippen LogP contribution >= 0.6 is 0 Å². The Kier molecular flexibility index (Phi) is 16.8. The van der Waals surface area contributed by atoms with E-state index in [0.717, 1.165) is 13.8 Å². The number of carboxylic acids is 2. The lowest BCUT2D eigenvalue weighted by atomic mass is 9.92. The molecule has 4 saturated heterocycles. The standard InChI is InChI=1S/C29H46N2O28S2/c1-6-11(30-7(2)34)20(18(9(4-32)51-6)58-60(45,46)47)53-29-17(40)15(38)22(24(57-29)26(43)44)55-27-12(31-8(3)35)21(19(10(5-33)52-27)59-61(48,49)50)54-28-16(39)13(36)14(37)23(56-28)25(41)42/h6,9-24,27-29,32-33,36-40H,4-5H2,1-3H3,(H,30,34)(H,31,35)(H,41,42)(H,43,44)(H,45,46,47)(H,48,49,50)/p-4. The molecule has 30 nitrogen and oxygen atoms in total. The summed E-state index contributed by atoms with van der Waals surface area (Å²) >= 11 is 0. The molecule has 61 heavy (non-hydrogen) atoms. The van der Waals surface area contributed by atoms with Gasteiger partial charge in [-0.1, -0.05) is 0 Å². The van der Waals surface area contributed by atoms with Crippen molar-refractivity contribution >= 4 is 44.6 Å². The van der Waals surface area contributed by atoms with E-state index in [1.165, 1.54) is 6.92 Å². The summed E-state index contributed by atoms with van der Waals surface area (Å²) in [5.74, 6) is -6.36. The third-order valence-electron chi connectivity index (χ3n) is 9.60. The first-order chi connectivity index (χ1) is 28.2. The lowest BCUT2D eigenvalue weighted by Crippen LogP contribution is -2.71. The number of hydrogen-bond acceptors (Lipinski definition) is 28. The third-order valence-corrected chi connectivity index (χ3v) is 10.5. The van der Waals surface area contributed by atoms with Crippen molar-refractivity contribution in [2.45, 2.75) is 143 Å². The molecule has 9 N–H and O–H groups in total. The molecule has 0 aromatic heterocycles. The lowest BCUT2D eigenvalue weighted by Gasteiger charge is -2.51. The molecule has 0 saturated carbocycles. The Labute approximate surface area is 344 Å². The average Bonchev–Trinajstić information content (AvgIpc) is 3.13. The molecule has 4 fully saturated rings. The van der Waals surface area contributed by atoms with Gasteiger partial charge in [-0.3, -0.25) is 18.0 Å². The molecule has 0 bridgehead atoms. The van der Waals surface area contributed by atoms with Crippen LogP contribution in [0.2, 0.25) is 0 Å². The monoisotopic (exact) mass is 930 g/mol. The van der Waals surface area contributed by atoms with Gasteiger partial charge in [-0.05, 0) is 6.92 Å². The maximum Gasteiger partial charge on any atom is 0.218 e. The van der Waals surface area contributed by atoms with E-state index in [9.17, 15) is 91.1 Å². The van der Waals surface area contributed by atoms with E-state index < -0.39 is 180 Å². The first-order valence-corrected chi connectivity index (χ1v) is 20.3. The summed E-state index contributed by atoms with van der Waals surface area (Å²) in [6.45, 7) is 0.679. The molecular formula is C29H42N2O28S2-4. The van der Waals surface area contributed by atoms with Gasteiger partial charge in [0.05, 0.1) is 37.3 Å². The van der Waals surface area contributed by atoms with E-state index in [2.05, 4.69) is 19.0 Å². The highest BCUT2D eigenvalue weighted by molar-refractivity contribution is 7.81. The molecule has 20 atom stereocenters. The predicted octanol–water partition coefficient (Wildman–Crippen LogP) is -11.9. The van der Waals surface area contributed by atoms with Crippen LogP contribution in [0.3, 0.4) is 0 Å². The fourth-order valence-corrected chi connectivity index (χ4v) is 8.01. The maximum atomic E-state index is 12.5. The first-order valence-electron chi connectivity index (χ1n) is 17.6. The normalized spacial score (nSPS) is 42.3. The molecule has 352 valence electrons. The number of nitrogens with one attached hydrogen (secondary N) is 2. The van der Waals surface area contributed by atoms with Crippen LogP contribution in [-0.2, 0) is 81.5 Å². The van der Waals surface area contributed by atoms with Crippen LogP contribution in [0.25, 0.3) is 0 Å². The molecule has 0 radical (unpaired) electrons. The largest absolute Gasteiger partial charge is 0.726 e. The highest BCUT2D eigenvalue weighted by atomic mass is 32.3. The predicted molar refractivity (Wildman–Crippen MR) is 174 cm³/mol. The van der Waals surface area contributed by atoms with Crippen LogP contribution in [0.1, 0.15) is 20.8 Å².